The number of thiazole rings is 1. The zero-order valence-electron chi connectivity index (χ0n) is 11.8. The van der Waals surface area contributed by atoms with Crippen molar-refractivity contribution in [3.8, 4) is 0 Å². The average Bonchev–Trinajstić information content (AvgIpc) is 2.86. The van der Waals surface area contributed by atoms with Gasteiger partial charge in [0.2, 0.25) is 0 Å². The number of nitrogens with one attached hydrogen (secondary N) is 1. The lowest BCUT2D eigenvalue weighted by molar-refractivity contribution is -0.134. The third kappa shape index (κ3) is 4.03. The number of ether oxygens (including phenoxy) is 1. The van der Waals surface area contributed by atoms with E-state index in [1.54, 1.807) is 12.3 Å². The van der Waals surface area contributed by atoms with Crippen LogP contribution in [0.5, 0.6) is 0 Å². The van der Waals surface area contributed by atoms with Crippen molar-refractivity contribution in [2.75, 3.05) is 17.8 Å². The van der Waals surface area contributed by atoms with E-state index in [4.69, 9.17) is 10.5 Å². The number of esters is 1. The van der Waals surface area contributed by atoms with Crippen LogP contribution in [0.3, 0.4) is 0 Å². The summed E-state index contributed by atoms with van der Waals surface area (Å²) < 4.78 is 4.99. The number of rotatable bonds is 5. The van der Waals surface area contributed by atoms with E-state index in [0.717, 1.165) is 11.3 Å². The SMILES string of the molecule is CCOC(=O)/C(=N/Nc1cccc(C)c1)c1csc(N)n1. The molecule has 1 aromatic heterocycles. The van der Waals surface area contributed by atoms with Gasteiger partial charge in [0.15, 0.2) is 10.8 Å². The molecule has 1 aromatic carbocycles. The highest BCUT2D eigenvalue weighted by Gasteiger charge is 2.18. The number of aromatic nitrogens is 1. The molecule has 0 aliphatic rings. The van der Waals surface area contributed by atoms with Crippen molar-refractivity contribution in [3.05, 3.63) is 40.9 Å². The Morgan fingerprint density at radius 3 is 2.95 bits per heavy atom. The van der Waals surface area contributed by atoms with E-state index in [1.165, 1.54) is 11.3 Å². The highest BCUT2D eigenvalue weighted by Crippen LogP contribution is 2.14. The lowest BCUT2D eigenvalue weighted by Crippen LogP contribution is -2.20. The normalized spacial score (nSPS) is 11.2. The van der Waals surface area contributed by atoms with E-state index < -0.39 is 5.97 Å². The van der Waals surface area contributed by atoms with Gasteiger partial charge in [-0.05, 0) is 31.5 Å². The molecule has 0 atom stereocenters. The van der Waals surface area contributed by atoms with Gasteiger partial charge in [-0.3, -0.25) is 5.43 Å². The molecule has 6 nitrogen and oxygen atoms in total. The predicted octanol–water partition coefficient (Wildman–Crippen LogP) is 2.41. The summed E-state index contributed by atoms with van der Waals surface area (Å²) >= 11 is 1.24. The van der Waals surface area contributed by atoms with Crippen LogP contribution in [0.4, 0.5) is 10.8 Å². The fourth-order valence-corrected chi connectivity index (χ4v) is 2.19. The number of nitrogen functional groups attached to an aromatic ring is 1. The topological polar surface area (TPSA) is 89.6 Å². The van der Waals surface area contributed by atoms with Gasteiger partial charge in [-0.15, -0.1) is 11.3 Å². The molecule has 0 aliphatic heterocycles. The number of hydrazone groups is 1. The molecular formula is C14H16N4O2S. The van der Waals surface area contributed by atoms with Gasteiger partial charge < -0.3 is 10.5 Å². The number of hydrogen-bond acceptors (Lipinski definition) is 7. The van der Waals surface area contributed by atoms with E-state index in [2.05, 4.69) is 15.5 Å². The number of hydrogen-bond donors (Lipinski definition) is 2. The molecule has 0 radical (unpaired) electrons. The maximum Gasteiger partial charge on any atom is 0.361 e. The molecule has 0 unspecified atom stereocenters. The monoisotopic (exact) mass is 304 g/mol. The second kappa shape index (κ2) is 6.85. The second-order valence-electron chi connectivity index (χ2n) is 4.23. The third-order valence-corrected chi connectivity index (χ3v) is 3.22. The summed E-state index contributed by atoms with van der Waals surface area (Å²) in [6.07, 6.45) is 0. The van der Waals surface area contributed by atoms with Gasteiger partial charge in [-0.25, -0.2) is 9.78 Å². The molecule has 3 N–H and O–H groups in total. The van der Waals surface area contributed by atoms with Crippen molar-refractivity contribution < 1.29 is 9.53 Å². The summed E-state index contributed by atoms with van der Waals surface area (Å²) in [6.45, 7) is 3.98. The summed E-state index contributed by atoms with van der Waals surface area (Å²) in [5.41, 5.74) is 10.8. The highest BCUT2D eigenvalue weighted by atomic mass is 32.1. The Kier molecular flexibility index (Phi) is 4.89. The first-order chi connectivity index (χ1) is 10.1. The minimum Gasteiger partial charge on any atom is -0.461 e. The summed E-state index contributed by atoms with van der Waals surface area (Å²) in [7, 11) is 0. The Bertz CT molecular complexity index is 666. The molecule has 7 heteroatoms. The van der Waals surface area contributed by atoms with Crippen LogP contribution >= 0.6 is 11.3 Å². The molecule has 0 saturated carbocycles. The predicted molar refractivity (Wildman–Crippen MR) is 84.5 cm³/mol. The molecule has 0 spiro atoms. The van der Waals surface area contributed by atoms with E-state index >= 15 is 0 Å². The molecule has 1 heterocycles. The van der Waals surface area contributed by atoms with Crippen molar-refractivity contribution in [2.24, 2.45) is 5.10 Å². The van der Waals surface area contributed by atoms with Crippen molar-refractivity contribution in [3.63, 3.8) is 0 Å². The van der Waals surface area contributed by atoms with Gasteiger partial charge in [0.1, 0.15) is 5.69 Å². The zero-order valence-corrected chi connectivity index (χ0v) is 12.6. The van der Waals surface area contributed by atoms with Crippen LogP contribution in [0.2, 0.25) is 0 Å². The standard InChI is InChI=1S/C14H16N4O2S/c1-3-20-13(19)12(11-8-21-14(15)16-11)18-17-10-6-4-5-9(2)7-10/h4-8,17H,3H2,1-2H3,(H2,15,16)/b18-12+. The zero-order chi connectivity index (χ0) is 15.2. The number of carbonyl (C=O) groups is 1. The van der Waals surface area contributed by atoms with Gasteiger partial charge in [-0.2, -0.15) is 5.10 Å². The Morgan fingerprint density at radius 1 is 1.52 bits per heavy atom. The molecule has 0 fully saturated rings. The molecule has 2 rings (SSSR count). The lowest BCUT2D eigenvalue weighted by atomic mass is 10.2. The van der Waals surface area contributed by atoms with Crippen LogP contribution in [0, 0.1) is 6.92 Å². The summed E-state index contributed by atoms with van der Waals surface area (Å²) in [5.74, 6) is -0.539. The van der Waals surface area contributed by atoms with Crippen LogP contribution in [-0.4, -0.2) is 23.3 Å². The van der Waals surface area contributed by atoms with Gasteiger partial charge in [0.05, 0.1) is 12.3 Å². The number of nitrogens with zero attached hydrogens (tertiary/aromatic N) is 2. The minimum absolute atomic E-state index is 0.103. The smallest absolute Gasteiger partial charge is 0.361 e. The first kappa shape index (κ1) is 15.0. The Labute approximate surface area is 126 Å². The lowest BCUT2D eigenvalue weighted by Gasteiger charge is -2.05. The average molecular weight is 304 g/mol. The number of benzene rings is 1. The maximum absolute atomic E-state index is 12.0. The van der Waals surface area contributed by atoms with Crippen molar-refractivity contribution in [2.45, 2.75) is 13.8 Å². The second-order valence-corrected chi connectivity index (χ2v) is 5.12. The summed E-state index contributed by atoms with van der Waals surface area (Å²) in [5, 5.41) is 6.16. The van der Waals surface area contributed by atoms with Crippen LogP contribution in [0.1, 0.15) is 18.2 Å². The largest absolute Gasteiger partial charge is 0.461 e. The minimum atomic E-state index is -0.539. The fraction of sp³-hybridized carbons (Fsp3) is 0.214. The Balaban J connectivity index is 2.26. The number of carbonyl (C=O) groups excluding carboxylic acids is 1. The maximum atomic E-state index is 12.0. The quantitative estimate of drug-likeness (QED) is 0.503. The van der Waals surface area contributed by atoms with Crippen molar-refractivity contribution in [1.82, 2.24) is 4.98 Å². The molecular weight excluding hydrogens is 288 g/mol. The van der Waals surface area contributed by atoms with E-state index in [-0.39, 0.29) is 12.3 Å². The van der Waals surface area contributed by atoms with Crippen molar-refractivity contribution >= 4 is 33.8 Å². The number of nitrogens with two attached hydrogens (primary N) is 1. The third-order valence-electron chi connectivity index (χ3n) is 2.55. The molecule has 21 heavy (non-hydrogen) atoms. The molecule has 110 valence electrons. The van der Waals surface area contributed by atoms with Crippen LogP contribution in [-0.2, 0) is 9.53 Å². The molecule has 2 aromatic rings. The van der Waals surface area contributed by atoms with Crippen LogP contribution in [0.25, 0.3) is 0 Å². The highest BCUT2D eigenvalue weighted by molar-refractivity contribution is 7.13. The molecule has 0 saturated heterocycles. The number of aryl methyl sites for hydroxylation is 1. The molecule has 0 amide bonds. The molecule has 0 bridgehead atoms. The van der Waals surface area contributed by atoms with E-state index in [1.807, 2.05) is 31.2 Å². The molecule has 0 aliphatic carbocycles. The Morgan fingerprint density at radius 2 is 2.33 bits per heavy atom. The fourth-order valence-electron chi connectivity index (χ4n) is 1.64. The van der Waals surface area contributed by atoms with Crippen LogP contribution < -0.4 is 11.2 Å². The number of anilines is 2. The van der Waals surface area contributed by atoms with Gasteiger partial charge in [0, 0.05) is 5.38 Å². The van der Waals surface area contributed by atoms with Gasteiger partial charge >= 0.3 is 5.97 Å². The van der Waals surface area contributed by atoms with Gasteiger partial charge in [-0.1, -0.05) is 12.1 Å². The first-order valence-corrected chi connectivity index (χ1v) is 7.27. The van der Waals surface area contributed by atoms with Crippen molar-refractivity contribution in [1.29, 1.82) is 0 Å². The van der Waals surface area contributed by atoms with Crippen LogP contribution in [0.15, 0.2) is 34.7 Å². The summed E-state index contributed by atoms with van der Waals surface area (Å²) in [4.78, 5) is 16.0. The Hall–Kier alpha value is -2.41. The summed E-state index contributed by atoms with van der Waals surface area (Å²) in [6, 6.07) is 7.65. The first-order valence-electron chi connectivity index (χ1n) is 6.39. The van der Waals surface area contributed by atoms with E-state index in [0.29, 0.717) is 10.8 Å². The van der Waals surface area contributed by atoms with Gasteiger partial charge in [0.25, 0.3) is 0 Å². The van der Waals surface area contributed by atoms with E-state index in [9.17, 15) is 4.79 Å².